The summed E-state index contributed by atoms with van der Waals surface area (Å²) in [6.45, 7) is -0.0472. The Kier molecular flexibility index (Phi) is 3.48. The molecule has 5 rings (SSSR count). The summed E-state index contributed by atoms with van der Waals surface area (Å²) in [5.74, 6) is -0.347. The number of benzene rings is 2. The third-order valence-corrected chi connectivity index (χ3v) is 5.56. The second-order valence-electron chi connectivity index (χ2n) is 7.05. The zero-order valence-electron chi connectivity index (χ0n) is 14.7. The summed E-state index contributed by atoms with van der Waals surface area (Å²) in [5, 5.41) is 14.7. The monoisotopic (exact) mass is 376 g/mol. The largest absolute Gasteiger partial charge is 0.356 e. The quantitative estimate of drug-likeness (QED) is 0.527. The van der Waals surface area contributed by atoms with Gasteiger partial charge in [-0.05, 0) is 29.3 Å². The highest BCUT2D eigenvalue weighted by Gasteiger charge is 2.45. The number of nitro groups is 1. The Morgan fingerprint density at radius 2 is 1.82 bits per heavy atom. The van der Waals surface area contributed by atoms with Crippen LogP contribution in [0.5, 0.6) is 0 Å². The average Bonchev–Trinajstić information content (AvgIpc) is 3.08. The molecule has 1 saturated heterocycles. The van der Waals surface area contributed by atoms with E-state index in [0.717, 1.165) is 27.7 Å². The fourth-order valence-electron chi connectivity index (χ4n) is 4.30. The Balaban J connectivity index is 1.73. The number of non-ortho nitro benzene ring substituents is 1. The molecule has 3 aromatic rings. The molecular weight excluding hydrogens is 360 g/mol. The number of carbonyl (C=O) groups is 2. The molecule has 2 aliphatic heterocycles. The molecule has 2 aliphatic rings. The van der Waals surface area contributed by atoms with Crippen molar-refractivity contribution in [1.29, 1.82) is 0 Å². The summed E-state index contributed by atoms with van der Waals surface area (Å²) >= 11 is 0. The van der Waals surface area contributed by atoms with Gasteiger partial charge in [0.05, 0.1) is 17.5 Å². The summed E-state index contributed by atoms with van der Waals surface area (Å²) in [4.78, 5) is 40.9. The molecule has 2 N–H and O–H groups in total. The van der Waals surface area contributed by atoms with Crippen LogP contribution in [-0.4, -0.2) is 39.2 Å². The van der Waals surface area contributed by atoms with Crippen molar-refractivity contribution in [2.45, 2.75) is 18.5 Å². The van der Waals surface area contributed by atoms with Crippen molar-refractivity contribution >= 4 is 28.4 Å². The summed E-state index contributed by atoms with van der Waals surface area (Å²) in [7, 11) is 0. The maximum Gasteiger partial charge on any atom is 0.269 e. The van der Waals surface area contributed by atoms with E-state index in [4.69, 9.17) is 0 Å². The second kappa shape index (κ2) is 5.91. The number of H-pyrrole nitrogens is 1. The van der Waals surface area contributed by atoms with Crippen LogP contribution in [0.25, 0.3) is 10.9 Å². The average molecular weight is 376 g/mol. The van der Waals surface area contributed by atoms with E-state index in [1.165, 1.54) is 12.1 Å². The van der Waals surface area contributed by atoms with E-state index in [-0.39, 0.29) is 24.0 Å². The van der Waals surface area contributed by atoms with Gasteiger partial charge < -0.3 is 15.2 Å². The van der Waals surface area contributed by atoms with Crippen molar-refractivity contribution in [1.82, 2.24) is 15.2 Å². The highest BCUT2D eigenvalue weighted by molar-refractivity contribution is 5.97. The lowest BCUT2D eigenvalue weighted by atomic mass is 9.86. The zero-order chi connectivity index (χ0) is 19.4. The first-order chi connectivity index (χ1) is 13.5. The molecule has 0 saturated carbocycles. The standard InChI is InChI=1S/C20H16N4O4/c25-17-10-21-20(26)16-9-14-13-3-1-2-4-15(13)22-18(14)19(23(16)17)11-5-7-12(8-6-11)24(27)28/h1-8,16,19,22H,9-10H2,(H,21,26)/t16-,19?/m0/s1. The molecule has 0 spiro atoms. The minimum Gasteiger partial charge on any atom is -0.356 e. The van der Waals surface area contributed by atoms with Gasteiger partial charge in [-0.3, -0.25) is 19.7 Å². The Morgan fingerprint density at radius 3 is 2.57 bits per heavy atom. The highest BCUT2D eigenvalue weighted by atomic mass is 16.6. The Hall–Kier alpha value is -3.68. The van der Waals surface area contributed by atoms with Gasteiger partial charge in [0.2, 0.25) is 11.8 Å². The normalized spacial score (nSPS) is 21.2. The number of amides is 2. The van der Waals surface area contributed by atoms with E-state index < -0.39 is 17.0 Å². The van der Waals surface area contributed by atoms with Crippen LogP contribution >= 0.6 is 0 Å². The van der Waals surface area contributed by atoms with E-state index in [1.54, 1.807) is 17.0 Å². The first kappa shape index (κ1) is 16.5. The molecule has 1 aromatic heterocycles. The summed E-state index contributed by atoms with van der Waals surface area (Å²) in [5.41, 5.74) is 3.51. The maximum atomic E-state index is 12.7. The molecule has 140 valence electrons. The van der Waals surface area contributed by atoms with Gasteiger partial charge in [-0.2, -0.15) is 0 Å². The number of hydrogen-bond acceptors (Lipinski definition) is 4. The molecule has 8 heteroatoms. The molecule has 2 atom stereocenters. The fourth-order valence-corrected chi connectivity index (χ4v) is 4.30. The van der Waals surface area contributed by atoms with Crippen LogP contribution in [0.2, 0.25) is 0 Å². The van der Waals surface area contributed by atoms with Crippen LogP contribution in [0.1, 0.15) is 22.9 Å². The predicted molar refractivity (Wildman–Crippen MR) is 101 cm³/mol. The van der Waals surface area contributed by atoms with E-state index in [9.17, 15) is 19.7 Å². The van der Waals surface area contributed by atoms with Crippen LogP contribution < -0.4 is 5.32 Å². The van der Waals surface area contributed by atoms with Crippen molar-refractivity contribution in [3.8, 4) is 0 Å². The van der Waals surface area contributed by atoms with Gasteiger partial charge in [-0.1, -0.05) is 18.2 Å². The lowest BCUT2D eigenvalue weighted by Gasteiger charge is -2.44. The number of para-hydroxylation sites is 1. The third-order valence-electron chi connectivity index (χ3n) is 5.56. The third kappa shape index (κ3) is 2.31. The van der Waals surface area contributed by atoms with Crippen LogP contribution in [-0.2, 0) is 16.0 Å². The molecule has 0 aliphatic carbocycles. The van der Waals surface area contributed by atoms with Gasteiger partial charge in [-0.15, -0.1) is 0 Å². The minimum absolute atomic E-state index is 0.0179. The smallest absolute Gasteiger partial charge is 0.269 e. The molecule has 2 aromatic carbocycles. The number of fused-ring (bicyclic) bond motifs is 4. The molecule has 1 unspecified atom stereocenters. The van der Waals surface area contributed by atoms with Gasteiger partial charge >= 0.3 is 0 Å². The molecule has 1 fully saturated rings. The van der Waals surface area contributed by atoms with Gasteiger partial charge in [0.25, 0.3) is 5.69 Å². The number of nitrogens with one attached hydrogen (secondary N) is 2. The van der Waals surface area contributed by atoms with E-state index in [0.29, 0.717) is 6.42 Å². The number of nitro benzene ring substituents is 1. The van der Waals surface area contributed by atoms with Gasteiger partial charge in [0.15, 0.2) is 0 Å². The number of hydrogen-bond donors (Lipinski definition) is 2. The molecule has 2 amide bonds. The first-order valence-corrected chi connectivity index (χ1v) is 8.97. The number of rotatable bonds is 2. The van der Waals surface area contributed by atoms with Gasteiger partial charge in [0.1, 0.15) is 6.04 Å². The summed E-state index contributed by atoms with van der Waals surface area (Å²) in [6, 6.07) is 12.9. The predicted octanol–water partition coefficient (Wildman–Crippen LogP) is 2.05. The molecule has 3 heterocycles. The Labute approximate surface area is 159 Å². The van der Waals surface area contributed by atoms with Gasteiger partial charge in [0, 0.05) is 35.2 Å². The van der Waals surface area contributed by atoms with Crippen molar-refractivity contribution in [3.05, 3.63) is 75.5 Å². The van der Waals surface area contributed by atoms with Gasteiger partial charge in [-0.25, -0.2) is 0 Å². The van der Waals surface area contributed by atoms with E-state index in [1.807, 2.05) is 24.3 Å². The Bertz CT molecular complexity index is 1130. The SMILES string of the molecule is O=C1NCC(=O)N2C(c3ccc([N+](=O)[O-])cc3)c3[nH]c4ccccc4c3C[C@@H]12. The highest BCUT2D eigenvalue weighted by Crippen LogP contribution is 2.41. The molecule has 0 bridgehead atoms. The number of carbonyl (C=O) groups excluding carboxylic acids is 2. The molecule has 28 heavy (non-hydrogen) atoms. The van der Waals surface area contributed by atoms with Crippen molar-refractivity contribution < 1.29 is 14.5 Å². The van der Waals surface area contributed by atoms with Crippen molar-refractivity contribution in [2.75, 3.05) is 6.54 Å². The summed E-state index contributed by atoms with van der Waals surface area (Å²) in [6.07, 6.45) is 0.431. The number of nitrogens with zero attached hydrogens (tertiary/aromatic N) is 2. The Morgan fingerprint density at radius 1 is 1.07 bits per heavy atom. The van der Waals surface area contributed by atoms with Crippen molar-refractivity contribution in [2.24, 2.45) is 0 Å². The topological polar surface area (TPSA) is 108 Å². The maximum absolute atomic E-state index is 12.7. The second-order valence-corrected chi connectivity index (χ2v) is 7.05. The van der Waals surface area contributed by atoms with Crippen LogP contribution in [0.15, 0.2) is 48.5 Å². The molecule has 0 radical (unpaired) electrons. The number of aromatic nitrogens is 1. The fraction of sp³-hybridized carbons (Fsp3) is 0.200. The lowest BCUT2D eigenvalue weighted by molar-refractivity contribution is -0.384. The van der Waals surface area contributed by atoms with E-state index >= 15 is 0 Å². The van der Waals surface area contributed by atoms with Crippen LogP contribution in [0, 0.1) is 10.1 Å². The van der Waals surface area contributed by atoms with Crippen LogP contribution in [0.3, 0.4) is 0 Å². The number of aromatic amines is 1. The minimum atomic E-state index is -0.604. The zero-order valence-corrected chi connectivity index (χ0v) is 14.7. The van der Waals surface area contributed by atoms with E-state index in [2.05, 4.69) is 10.3 Å². The van der Waals surface area contributed by atoms with Crippen LogP contribution in [0.4, 0.5) is 5.69 Å². The first-order valence-electron chi connectivity index (χ1n) is 8.97. The molecule has 8 nitrogen and oxygen atoms in total. The lowest BCUT2D eigenvalue weighted by Crippen LogP contribution is -2.61. The number of piperazine rings is 1. The van der Waals surface area contributed by atoms with Crippen molar-refractivity contribution in [3.63, 3.8) is 0 Å². The summed E-state index contributed by atoms with van der Waals surface area (Å²) < 4.78 is 0. The molecular formula is C20H16N4O4.